The average molecular weight is 268 g/mol. The standard InChI is InChI=1S/C16H20N4/c1-12-6-5-7-13(2)20(12)18-11-14-10-17-15-8-3-4-9-16(15)19-14/h3-4,8-13H,5-7H2,1-2H3/b18-11-/t12-,13-/m0/s1. The fraction of sp³-hybridized carbons (Fsp3) is 0.438. The second-order valence-corrected chi connectivity index (χ2v) is 5.54. The van der Waals surface area contributed by atoms with Gasteiger partial charge in [0.05, 0.1) is 23.4 Å². The number of hydrogen-bond donors (Lipinski definition) is 0. The van der Waals surface area contributed by atoms with E-state index in [-0.39, 0.29) is 0 Å². The molecule has 1 aliphatic rings. The zero-order chi connectivity index (χ0) is 13.9. The molecule has 0 amide bonds. The number of piperidine rings is 1. The van der Waals surface area contributed by atoms with Crippen molar-refractivity contribution in [3.05, 3.63) is 36.2 Å². The molecule has 104 valence electrons. The summed E-state index contributed by atoms with van der Waals surface area (Å²) in [6, 6.07) is 8.91. The average Bonchev–Trinajstić information content (AvgIpc) is 2.46. The van der Waals surface area contributed by atoms with E-state index in [1.54, 1.807) is 6.20 Å². The van der Waals surface area contributed by atoms with Gasteiger partial charge in [-0.2, -0.15) is 5.10 Å². The van der Waals surface area contributed by atoms with Crippen molar-refractivity contribution in [1.82, 2.24) is 15.0 Å². The van der Waals surface area contributed by atoms with Crippen molar-refractivity contribution < 1.29 is 0 Å². The van der Waals surface area contributed by atoms with Gasteiger partial charge in [-0.15, -0.1) is 0 Å². The minimum Gasteiger partial charge on any atom is -0.291 e. The van der Waals surface area contributed by atoms with E-state index in [0.29, 0.717) is 12.1 Å². The van der Waals surface area contributed by atoms with Gasteiger partial charge in [0, 0.05) is 12.1 Å². The Bertz CT molecular complexity index is 613. The largest absolute Gasteiger partial charge is 0.291 e. The molecule has 0 bridgehead atoms. The molecule has 4 heteroatoms. The first kappa shape index (κ1) is 13.0. The summed E-state index contributed by atoms with van der Waals surface area (Å²) in [5, 5.41) is 6.82. The maximum atomic E-state index is 4.63. The number of para-hydroxylation sites is 2. The third-order valence-electron chi connectivity index (χ3n) is 3.94. The van der Waals surface area contributed by atoms with E-state index in [2.05, 4.69) is 33.9 Å². The lowest BCUT2D eigenvalue weighted by Gasteiger charge is -2.36. The zero-order valence-corrected chi connectivity index (χ0v) is 12.0. The van der Waals surface area contributed by atoms with Crippen molar-refractivity contribution in [2.45, 2.75) is 45.2 Å². The highest BCUT2D eigenvalue weighted by Gasteiger charge is 2.22. The molecule has 0 N–H and O–H groups in total. The third kappa shape index (κ3) is 2.64. The van der Waals surface area contributed by atoms with E-state index < -0.39 is 0 Å². The molecule has 2 aromatic rings. The van der Waals surface area contributed by atoms with Gasteiger partial charge >= 0.3 is 0 Å². The van der Waals surface area contributed by atoms with Crippen LogP contribution in [-0.2, 0) is 0 Å². The van der Waals surface area contributed by atoms with E-state index >= 15 is 0 Å². The van der Waals surface area contributed by atoms with Crippen LogP contribution in [-0.4, -0.2) is 33.3 Å². The minimum absolute atomic E-state index is 0.503. The quantitative estimate of drug-likeness (QED) is 0.785. The molecule has 2 heterocycles. The number of aromatic nitrogens is 2. The molecule has 1 fully saturated rings. The normalized spacial score (nSPS) is 23.6. The van der Waals surface area contributed by atoms with Crippen LogP contribution in [0.1, 0.15) is 38.8 Å². The predicted octanol–water partition coefficient (Wildman–Crippen LogP) is 3.23. The second-order valence-electron chi connectivity index (χ2n) is 5.54. The first-order chi connectivity index (χ1) is 9.74. The molecule has 0 spiro atoms. The van der Waals surface area contributed by atoms with E-state index in [1.807, 2.05) is 30.5 Å². The van der Waals surface area contributed by atoms with Crippen LogP contribution in [0.15, 0.2) is 35.6 Å². The fourth-order valence-electron chi connectivity index (χ4n) is 2.79. The van der Waals surface area contributed by atoms with Gasteiger partial charge in [-0.1, -0.05) is 12.1 Å². The van der Waals surface area contributed by atoms with Crippen molar-refractivity contribution in [1.29, 1.82) is 0 Å². The summed E-state index contributed by atoms with van der Waals surface area (Å²) >= 11 is 0. The van der Waals surface area contributed by atoms with Gasteiger partial charge in [-0.3, -0.25) is 9.99 Å². The monoisotopic (exact) mass is 268 g/mol. The molecular weight excluding hydrogens is 248 g/mol. The highest BCUT2D eigenvalue weighted by Crippen LogP contribution is 2.22. The fourth-order valence-corrected chi connectivity index (χ4v) is 2.79. The Kier molecular flexibility index (Phi) is 3.63. The zero-order valence-electron chi connectivity index (χ0n) is 12.0. The van der Waals surface area contributed by atoms with Crippen LogP contribution in [0.25, 0.3) is 11.0 Å². The van der Waals surface area contributed by atoms with Crippen molar-refractivity contribution >= 4 is 17.2 Å². The van der Waals surface area contributed by atoms with E-state index in [4.69, 9.17) is 0 Å². The molecule has 1 aliphatic heterocycles. The Morgan fingerprint density at radius 2 is 1.85 bits per heavy atom. The molecule has 1 aromatic carbocycles. The Morgan fingerprint density at radius 1 is 1.15 bits per heavy atom. The third-order valence-corrected chi connectivity index (χ3v) is 3.94. The van der Waals surface area contributed by atoms with E-state index in [9.17, 15) is 0 Å². The summed E-state index contributed by atoms with van der Waals surface area (Å²) in [6.45, 7) is 4.47. The van der Waals surface area contributed by atoms with Crippen LogP contribution in [0.2, 0.25) is 0 Å². The van der Waals surface area contributed by atoms with Crippen LogP contribution >= 0.6 is 0 Å². The highest BCUT2D eigenvalue weighted by atomic mass is 15.5. The molecule has 20 heavy (non-hydrogen) atoms. The molecule has 3 rings (SSSR count). The summed E-state index contributed by atoms with van der Waals surface area (Å²) in [5.41, 5.74) is 2.65. The topological polar surface area (TPSA) is 41.4 Å². The van der Waals surface area contributed by atoms with E-state index in [0.717, 1.165) is 16.7 Å². The number of nitrogens with zero attached hydrogens (tertiary/aromatic N) is 4. The van der Waals surface area contributed by atoms with Crippen LogP contribution in [0.4, 0.5) is 0 Å². The van der Waals surface area contributed by atoms with Crippen molar-refractivity contribution in [2.24, 2.45) is 5.10 Å². The lowest BCUT2D eigenvalue weighted by Crippen LogP contribution is -2.39. The van der Waals surface area contributed by atoms with Crippen LogP contribution in [0.3, 0.4) is 0 Å². The number of fused-ring (bicyclic) bond motifs is 1. The molecule has 0 aliphatic carbocycles. The van der Waals surface area contributed by atoms with Gasteiger partial charge in [0.2, 0.25) is 0 Å². The Hall–Kier alpha value is -1.97. The Balaban J connectivity index is 1.82. The molecular formula is C16H20N4. The number of benzene rings is 1. The van der Waals surface area contributed by atoms with Crippen molar-refractivity contribution in [2.75, 3.05) is 0 Å². The maximum Gasteiger partial charge on any atom is 0.102 e. The Labute approximate surface area is 119 Å². The summed E-state index contributed by atoms with van der Waals surface area (Å²) in [6.07, 6.45) is 7.34. The van der Waals surface area contributed by atoms with Crippen molar-refractivity contribution in [3.63, 3.8) is 0 Å². The first-order valence-corrected chi connectivity index (χ1v) is 7.28. The predicted molar refractivity (Wildman–Crippen MR) is 81.7 cm³/mol. The first-order valence-electron chi connectivity index (χ1n) is 7.28. The van der Waals surface area contributed by atoms with E-state index in [1.165, 1.54) is 19.3 Å². The van der Waals surface area contributed by atoms with Crippen molar-refractivity contribution in [3.8, 4) is 0 Å². The number of hydrogen-bond acceptors (Lipinski definition) is 4. The molecule has 4 nitrogen and oxygen atoms in total. The van der Waals surface area contributed by atoms with Crippen LogP contribution in [0, 0.1) is 0 Å². The lowest BCUT2D eigenvalue weighted by atomic mass is 10.00. The van der Waals surface area contributed by atoms with Gasteiger partial charge in [-0.25, -0.2) is 4.98 Å². The van der Waals surface area contributed by atoms with Gasteiger partial charge in [0.15, 0.2) is 0 Å². The summed E-state index contributed by atoms with van der Waals surface area (Å²) in [5.74, 6) is 0. The number of rotatable bonds is 2. The van der Waals surface area contributed by atoms with Gasteiger partial charge in [0.25, 0.3) is 0 Å². The van der Waals surface area contributed by atoms with Crippen LogP contribution in [0.5, 0.6) is 0 Å². The highest BCUT2D eigenvalue weighted by molar-refractivity contribution is 5.81. The molecule has 1 saturated heterocycles. The molecule has 2 atom stereocenters. The molecule has 0 unspecified atom stereocenters. The smallest absolute Gasteiger partial charge is 0.102 e. The van der Waals surface area contributed by atoms with Gasteiger partial charge < -0.3 is 0 Å². The maximum absolute atomic E-state index is 4.63. The Morgan fingerprint density at radius 3 is 2.60 bits per heavy atom. The minimum atomic E-state index is 0.503. The summed E-state index contributed by atoms with van der Waals surface area (Å²) in [7, 11) is 0. The molecule has 0 radical (unpaired) electrons. The molecule has 1 aromatic heterocycles. The SMILES string of the molecule is C[C@H]1CCC[C@H](C)N1/N=C\c1cnc2ccccc2n1. The number of hydrazone groups is 1. The summed E-state index contributed by atoms with van der Waals surface area (Å²) in [4.78, 5) is 8.98. The van der Waals surface area contributed by atoms with Crippen LogP contribution < -0.4 is 0 Å². The molecule has 0 saturated carbocycles. The van der Waals surface area contributed by atoms with Gasteiger partial charge in [0.1, 0.15) is 5.69 Å². The summed E-state index contributed by atoms with van der Waals surface area (Å²) < 4.78 is 0. The second kappa shape index (κ2) is 5.57. The van der Waals surface area contributed by atoms with Gasteiger partial charge in [-0.05, 0) is 45.2 Å². The lowest BCUT2D eigenvalue weighted by molar-refractivity contribution is 0.109.